The summed E-state index contributed by atoms with van der Waals surface area (Å²) in [7, 11) is 0. The summed E-state index contributed by atoms with van der Waals surface area (Å²) in [5, 5.41) is 0. The van der Waals surface area contributed by atoms with E-state index in [0.29, 0.717) is 11.8 Å². The van der Waals surface area contributed by atoms with Crippen molar-refractivity contribution in [2.24, 2.45) is 17.7 Å². The van der Waals surface area contributed by atoms with Gasteiger partial charge in [0.25, 0.3) is 0 Å². The van der Waals surface area contributed by atoms with Gasteiger partial charge in [-0.3, -0.25) is 11.3 Å². The molecule has 1 saturated carbocycles. The first kappa shape index (κ1) is 13.8. The number of hydrogen-bond donors (Lipinski definition) is 2. The lowest BCUT2D eigenvalue weighted by atomic mass is 9.93. The molecule has 1 fully saturated rings. The minimum atomic E-state index is -4.07. The summed E-state index contributed by atoms with van der Waals surface area (Å²) in [6.07, 6.45) is -0.443. The highest BCUT2D eigenvalue weighted by Crippen LogP contribution is 2.36. The first-order valence-electron chi connectivity index (χ1n) is 5.99. The summed E-state index contributed by atoms with van der Waals surface area (Å²) < 4.78 is 36.3. The largest absolute Gasteiger partial charge is 0.389 e. The quantitative estimate of drug-likeness (QED) is 0.571. The molecule has 3 unspecified atom stereocenters. The van der Waals surface area contributed by atoms with Crippen molar-refractivity contribution in [1.29, 1.82) is 0 Å². The van der Waals surface area contributed by atoms with Gasteiger partial charge in [0.2, 0.25) is 0 Å². The van der Waals surface area contributed by atoms with Crippen LogP contribution in [0.3, 0.4) is 0 Å². The molecular weight excluding hydrogens is 217 g/mol. The Morgan fingerprint density at radius 1 is 1.38 bits per heavy atom. The smallest absolute Gasteiger partial charge is 0.271 e. The van der Waals surface area contributed by atoms with Crippen LogP contribution in [0.4, 0.5) is 13.2 Å². The van der Waals surface area contributed by atoms with E-state index in [-0.39, 0.29) is 12.5 Å². The van der Waals surface area contributed by atoms with Gasteiger partial charge in [0, 0.05) is 12.5 Å². The van der Waals surface area contributed by atoms with E-state index in [0.717, 1.165) is 25.7 Å². The minimum Gasteiger partial charge on any atom is -0.271 e. The molecule has 96 valence electrons. The lowest BCUT2D eigenvalue weighted by Crippen LogP contribution is -2.40. The van der Waals surface area contributed by atoms with Crippen molar-refractivity contribution >= 4 is 0 Å². The van der Waals surface area contributed by atoms with Crippen LogP contribution in [-0.2, 0) is 0 Å². The first-order valence-corrected chi connectivity index (χ1v) is 5.99. The van der Waals surface area contributed by atoms with Gasteiger partial charge in [-0.15, -0.1) is 0 Å². The van der Waals surface area contributed by atoms with Crippen molar-refractivity contribution in [3.63, 3.8) is 0 Å². The van der Waals surface area contributed by atoms with Crippen molar-refractivity contribution in [3.8, 4) is 0 Å². The topological polar surface area (TPSA) is 38.0 Å². The maximum absolute atomic E-state index is 12.1. The Labute approximate surface area is 94.7 Å². The Morgan fingerprint density at radius 3 is 2.50 bits per heavy atom. The molecule has 0 saturated heterocycles. The summed E-state index contributed by atoms with van der Waals surface area (Å²) in [5.41, 5.74) is 2.56. The SMILES string of the molecule is CCC1CCC(C(CCC(F)(F)F)NN)C1. The fourth-order valence-corrected chi connectivity index (χ4v) is 2.62. The summed E-state index contributed by atoms with van der Waals surface area (Å²) in [6.45, 7) is 2.13. The Balaban J connectivity index is 2.37. The van der Waals surface area contributed by atoms with Crippen LogP contribution in [0.1, 0.15) is 45.4 Å². The Hall–Kier alpha value is -0.290. The predicted molar refractivity (Wildman–Crippen MR) is 57.5 cm³/mol. The van der Waals surface area contributed by atoms with Crippen LogP contribution in [0.5, 0.6) is 0 Å². The van der Waals surface area contributed by atoms with E-state index in [1.54, 1.807) is 0 Å². The number of nitrogens with two attached hydrogens (primary N) is 1. The van der Waals surface area contributed by atoms with E-state index in [9.17, 15) is 13.2 Å². The van der Waals surface area contributed by atoms with E-state index in [1.807, 2.05) is 0 Å². The molecule has 0 heterocycles. The van der Waals surface area contributed by atoms with Gasteiger partial charge in [-0.1, -0.05) is 19.8 Å². The van der Waals surface area contributed by atoms with Gasteiger partial charge >= 0.3 is 6.18 Å². The monoisotopic (exact) mass is 238 g/mol. The molecular formula is C11H21F3N2. The average Bonchev–Trinajstić information content (AvgIpc) is 2.65. The lowest BCUT2D eigenvalue weighted by Gasteiger charge is -2.23. The molecule has 0 aromatic carbocycles. The van der Waals surface area contributed by atoms with E-state index in [2.05, 4.69) is 12.3 Å². The van der Waals surface area contributed by atoms with Gasteiger partial charge in [0.05, 0.1) is 0 Å². The molecule has 2 nitrogen and oxygen atoms in total. The predicted octanol–water partition coefficient (Wildman–Crippen LogP) is 2.99. The third-order valence-corrected chi connectivity index (χ3v) is 3.68. The van der Waals surface area contributed by atoms with E-state index < -0.39 is 12.6 Å². The van der Waals surface area contributed by atoms with Crippen molar-refractivity contribution in [2.45, 2.75) is 57.7 Å². The lowest BCUT2D eigenvalue weighted by molar-refractivity contribution is -0.137. The van der Waals surface area contributed by atoms with Gasteiger partial charge < -0.3 is 0 Å². The number of hydrazine groups is 1. The summed E-state index contributed by atoms with van der Waals surface area (Å²) >= 11 is 0. The van der Waals surface area contributed by atoms with E-state index in [4.69, 9.17) is 5.84 Å². The van der Waals surface area contributed by atoms with Crippen LogP contribution in [0, 0.1) is 11.8 Å². The second-order valence-electron chi connectivity index (χ2n) is 4.77. The molecule has 0 aliphatic heterocycles. The Morgan fingerprint density at radius 2 is 2.06 bits per heavy atom. The number of hydrogen-bond acceptors (Lipinski definition) is 2. The molecule has 16 heavy (non-hydrogen) atoms. The zero-order chi connectivity index (χ0) is 12.2. The van der Waals surface area contributed by atoms with E-state index in [1.165, 1.54) is 0 Å². The molecule has 0 aromatic rings. The van der Waals surface area contributed by atoms with Crippen molar-refractivity contribution in [2.75, 3.05) is 0 Å². The van der Waals surface area contributed by atoms with Gasteiger partial charge in [0.15, 0.2) is 0 Å². The summed E-state index contributed by atoms with van der Waals surface area (Å²) in [4.78, 5) is 0. The van der Waals surface area contributed by atoms with Crippen LogP contribution in [0.2, 0.25) is 0 Å². The van der Waals surface area contributed by atoms with Crippen molar-refractivity contribution < 1.29 is 13.2 Å². The second kappa shape index (κ2) is 5.87. The highest BCUT2D eigenvalue weighted by atomic mass is 19.4. The highest BCUT2D eigenvalue weighted by molar-refractivity contribution is 4.83. The molecule has 0 bridgehead atoms. The highest BCUT2D eigenvalue weighted by Gasteiger charge is 2.33. The minimum absolute atomic E-state index is 0.0983. The fourth-order valence-electron chi connectivity index (χ4n) is 2.62. The van der Waals surface area contributed by atoms with Gasteiger partial charge in [-0.05, 0) is 31.1 Å². The third-order valence-electron chi connectivity index (χ3n) is 3.68. The molecule has 1 rings (SSSR count). The second-order valence-corrected chi connectivity index (χ2v) is 4.77. The summed E-state index contributed by atoms with van der Waals surface area (Å²) in [5.74, 6) is 6.34. The van der Waals surface area contributed by atoms with Crippen LogP contribution in [0.15, 0.2) is 0 Å². The normalized spacial score (nSPS) is 28.3. The van der Waals surface area contributed by atoms with Gasteiger partial charge in [0.1, 0.15) is 0 Å². The van der Waals surface area contributed by atoms with E-state index >= 15 is 0 Å². The molecule has 0 spiro atoms. The van der Waals surface area contributed by atoms with Crippen LogP contribution in [0.25, 0.3) is 0 Å². The standard InChI is InChI=1S/C11H21F3N2/c1-2-8-3-4-9(7-8)10(16-15)5-6-11(12,13)14/h8-10,16H,2-7,15H2,1H3. The maximum Gasteiger partial charge on any atom is 0.389 e. The summed E-state index contributed by atoms with van der Waals surface area (Å²) in [6, 6.07) is -0.182. The first-order chi connectivity index (χ1) is 7.46. The molecule has 1 aliphatic carbocycles. The fraction of sp³-hybridized carbons (Fsp3) is 1.00. The molecule has 0 amide bonds. The molecule has 1 aliphatic rings. The molecule has 3 atom stereocenters. The number of halogens is 3. The van der Waals surface area contributed by atoms with Crippen LogP contribution < -0.4 is 11.3 Å². The Kier molecular flexibility index (Phi) is 5.05. The zero-order valence-corrected chi connectivity index (χ0v) is 9.69. The molecule has 5 heteroatoms. The van der Waals surface area contributed by atoms with Crippen LogP contribution in [-0.4, -0.2) is 12.2 Å². The number of nitrogens with one attached hydrogen (secondary N) is 1. The molecule has 3 N–H and O–H groups in total. The van der Waals surface area contributed by atoms with Crippen molar-refractivity contribution in [3.05, 3.63) is 0 Å². The zero-order valence-electron chi connectivity index (χ0n) is 9.69. The van der Waals surface area contributed by atoms with Gasteiger partial charge in [-0.25, -0.2) is 0 Å². The van der Waals surface area contributed by atoms with Crippen LogP contribution >= 0.6 is 0 Å². The maximum atomic E-state index is 12.1. The van der Waals surface area contributed by atoms with Gasteiger partial charge in [-0.2, -0.15) is 13.2 Å². The number of rotatable bonds is 5. The Bertz CT molecular complexity index is 206. The average molecular weight is 238 g/mol. The molecule has 0 aromatic heterocycles. The van der Waals surface area contributed by atoms with Crippen molar-refractivity contribution in [1.82, 2.24) is 5.43 Å². The number of alkyl halides is 3. The molecule has 0 radical (unpaired) electrons. The third kappa shape index (κ3) is 4.29.